The Morgan fingerprint density at radius 3 is 2.45 bits per heavy atom. The van der Waals surface area contributed by atoms with E-state index in [0.717, 1.165) is 11.1 Å². The van der Waals surface area contributed by atoms with Crippen LogP contribution < -0.4 is 5.32 Å². The van der Waals surface area contributed by atoms with E-state index in [4.69, 9.17) is 23.2 Å². The van der Waals surface area contributed by atoms with Crippen molar-refractivity contribution in [3.05, 3.63) is 69.2 Å². The fourth-order valence-electron chi connectivity index (χ4n) is 1.97. The standard InChI is InChI=1S/C17H17Cl2NOS/c1-12-5-2-3-6-13(12)9-20-17(21)11-22-10-14-15(18)7-4-8-16(14)19/h2-8H,9-11H2,1H3,(H,20,21). The molecule has 0 bridgehead atoms. The smallest absolute Gasteiger partial charge is 0.230 e. The topological polar surface area (TPSA) is 29.1 Å². The summed E-state index contributed by atoms with van der Waals surface area (Å²) in [4.78, 5) is 11.9. The van der Waals surface area contributed by atoms with Crippen LogP contribution in [0, 0.1) is 6.92 Å². The summed E-state index contributed by atoms with van der Waals surface area (Å²) in [5, 5.41) is 4.21. The number of amides is 1. The number of aryl methyl sites for hydroxylation is 1. The van der Waals surface area contributed by atoms with Gasteiger partial charge in [0.2, 0.25) is 5.91 Å². The molecule has 0 aliphatic rings. The molecule has 0 unspecified atom stereocenters. The molecule has 0 aliphatic carbocycles. The van der Waals surface area contributed by atoms with Gasteiger partial charge in [0.05, 0.1) is 5.75 Å². The molecule has 0 aliphatic heterocycles. The molecule has 22 heavy (non-hydrogen) atoms. The number of hydrogen-bond acceptors (Lipinski definition) is 2. The summed E-state index contributed by atoms with van der Waals surface area (Å²) in [5.74, 6) is 1.01. The summed E-state index contributed by atoms with van der Waals surface area (Å²) in [5.41, 5.74) is 3.19. The van der Waals surface area contributed by atoms with Crippen LogP contribution in [0.1, 0.15) is 16.7 Å². The lowest BCUT2D eigenvalue weighted by Gasteiger charge is -2.09. The van der Waals surface area contributed by atoms with Gasteiger partial charge in [0.1, 0.15) is 0 Å². The molecule has 0 aromatic heterocycles. The molecule has 2 aromatic rings. The first-order valence-corrected chi connectivity index (χ1v) is 8.81. The molecule has 0 saturated heterocycles. The van der Waals surface area contributed by atoms with Crippen LogP contribution in [-0.2, 0) is 17.1 Å². The average Bonchev–Trinajstić information content (AvgIpc) is 2.49. The Hall–Kier alpha value is -1.16. The first-order chi connectivity index (χ1) is 10.6. The van der Waals surface area contributed by atoms with E-state index < -0.39 is 0 Å². The number of hydrogen-bond donors (Lipinski definition) is 1. The molecule has 2 nitrogen and oxygen atoms in total. The minimum Gasteiger partial charge on any atom is -0.351 e. The predicted molar refractivity (Wildman–Crippen MR) is 95.6 cm³/mol. The molecule has 2 rings (SSSR count). The average molecular weight is 354 g/mol. The number of carbonyl (C=O) groups is 1. The number of rotatable bonds is 6. The van der Waals surface area contributed by atoms with E-state index in [2.05, 4.69) is 5.32 Å². The summed E-state index contributed by atoms with van der Waals surface area (Å²) >= 11 is 13.7. The lowest BCUT2D eigenvalue weighted by Crippen LogP contribution is -2.25. The summed E-state index contributed by atoms with van der Waals surface area (Å²) in [6, 6.07) is 13.4. The Labute approximate surface area is 145 Å². The molecule has 1 N–H and O–H groups in total. The quantitative estimate of drug-likeness (QED) is 0.803. The number of nitrogens with one attached hydrogen (secondary N) is 1. The largest absolute Gasteiger partial charge is 0.351 e. The zero-order valence-corrected chi connectivity index (χ0v) is 14.6. The number of carbonyl (C=O) groups excluding carboxylic acids is 1. The Morgan fingerprint density at radius 2 is 1.77 bits per heavy atom. The first kappa shape index (κ1) is 17.2. The van der Waals surface area contributed by atoms with E-state index in [9.17, 15) is 4.79 Å². The van der Waals surface area contributed by atoms with E-state index in [-0.39, 0.29) is 5.91 Å². The van der Waals surface area contributed by atoms with E-state index >= 15 is 0 Å². The molecule has 1 amide bonds. The maximum atomic E-state index is 11.9. The van der Waals surface area contributed by atoms with Crippen molar-refractivity contribution < 1.29 is 4.79 Å². The lowest BCUT2D eigenvalue weighted by molar-refractivity contribution is -0.118. The third-order valence-electron chi connectivity index (χ3n) is 3.28. The van der Waals surface area contributed by atoms with Crippen molar-refractivity contribution in [1.29, 1.82) is 0 Å². The van der Waals surface area contributed by atoms with E-state index in [1.165, 1.54) is 17.3 Å². The minimum absolute atomic E-state index is 0.0106. The fraction of sp³-hybridized carbons (Fsp3) is 0.235. The van der Waals surface area contributed by atoms with Crippen molar-refractivity contribution in [3.8, 4) is 0 Å². The summed E-state index contributed by atoms with van der Waals surface area (Å²) in [6.45, 7) is 2.59. The molecule has 0 saturated carbocycles. The van der Waals surface area contributed by atoms with Gasteiger partial charge in [-0.1, -0.05) is 53.5 Å². The molecule has 2 aromatic carbocycles. The molecule has 0 atom stereocenters. The molecule has 0 radical (unpaired) electrons. The normalized spacial score (nSPS) is 10.5. The van der Waals surface area contributed by atoms with Gasteiger partial charge in [-0.15, -0.1) is 11.8 Å². The molecule has 5 heteroatoms. The third-order valence-corrected chi connectivity index (χ3v) is 4.95. The predicted octanol–water partition coefficient (Wildman–Crippen LogP) is 4.85. The molecule has 116 valence electrons. The highest BCUT2D eigenvalue weighted by molar-refractivity contribution is 7.99. The van der Waals surface area contributed by atoms with Gasteiger partial charge in [0.25, 0.3) is 0 Å². The van der Waals surface area contributed by atoms with Crippen LogP contribution >= 0.6 is 35.0 Å². The Morgan fingerprint density at radius 1 is 1.09 bits per heavy atom. The van der Waals surface area contributed by atoms with E-state index in [0.29, 0.717) is 28.1 Å². The maximum Gasteiger partial charge on any atom is 0.230 e. The summed E-state index contributed by atoms with van der Waals surface area (Å²) in [6.07, 6.45) is 0. The van der Waals surface area contributed by atoms with Crippen molar-refractivity contribution in [2.75, 3.05) is 5.75 Å². The number of thioether (sulfide) groups is 1. The number of benzene rings is 2. The van der Waals surface area contributed by atoms with Crippen molar-refractivity contribution in [2.45, 2.75) is 19.2 Å². The minimum atomic E-state index is 0.0106. The van der Waals surface area contributed by atoms with Crippen LogP contribution in [0.4, 0.5) is 0 Å². The summed E-state index contributed by atoms with van der Waals surface area (Å²) < 4.78 is 0. The third kappa shape index (κ3) is 4.94. The highest BCUT2D eigenvalue weighted by Gasteiger charge is 2.08. The summed E-state index contributed by atoms with van der Waals surface area (Å²) in [7, 11) is 0. The highest BCUT2D eigenvalue weighted by Crippen LogP contribution is 2.28. The van der Waals surface area contributed by atoms with Gasteiger partial charge >= 0.3 is 0 Å². The van der Waals surface area contributed by atoms with Crippen LogP contribution in [0.15, 0.2) is 42.5 Å². The van der Waals surface area contributed by atoms with Gasteiger partial charge in [0, 0.05) is 22.3 Å². The van der Waals surface area contributed by atoms with Gasteiger partial charge in [0.15, 0.2) is 0 Å². The fourth-order valence-corrected chi connectivity index (χ4v) is 3.56. The zero-order valence-electron chi connectivity index (χ0n) is 12.2. The second-order valence-electron chi connectivity index (χ2n) is 4.90. The van der Waals surface area contributed by atoms with Gasteiger partial charge in [-0.25, -0.2) is 0 Å². The van der Waals surface area contributed by atoms with Crippen molar-refractivity contribution >= 4 is 40.9 Å². The first-order valence-electron chi connectivity index (χ1n) is 6.90. The van der Waals surface area contributed by atoms with Gasteiger partial charge in [-0.05, 0) is 35.7 Å². The number of halogens is 2. The van der Waals surface area contributed by atoms with Gasteiger partial charge in [-0.2, -0.15) is 0 Å². The van der Waals surface area contributed by atoms with Crippen LogP contribution in [0.3, 0.4) is 0 Å². The molecular formula is C17H17Cl2NOS. The van der Waals surface area contributed by atoms with Crippen LogP contribution in [0.2, 0.25) is 10.0 Å². The Bertz CT molecular complexity index is 641. The van der Waals surface area contributed by atoms with Crippen molar-refractivity contribution in [1.82, 2.24) is 5.32 Å². The monoisotopic (exact) mass is 353 g/mol. The van der Waals surface area contributed by atoms with Crippen molar-refractivity contribution in [3.63, 3.8) is 0 Å². The molecule has 0 heterocycles. The second kappa shape index (κ2) is 8.47. The van der Waals surface area contributed by atoms with E-state index in [1.54, 1.807) is 0 Å². The molecular weight excluding hydrogens is 337 g/mol. The van der Waals surface area contributed by atoms with Gasteiger partial charge < -0.3 is 5.32 Å². The second-order valence-corrected chi connectivity index (χ2v) is 6.70. The maximum absolute atomic E-state index is 11.9. The van der Waals surface area contributed by atoms with Crippen LogP contribution in [-0.4, -0.2) is 11.7 Å². The van der Waals surface area contributed by atoms with Gasteiger partial charge in [-0.3, -0.25) is 4.79 Å². The van der Waals surface area contributed by atoms with E-state index in [1.807, 2.05) is 49.4 Å². The van der Waals surface area contributed by atoms with Crippen LogP contribution in [0.5, 0.6) is 0 Å². The van der Waals surface area contributed by atoms with Crippen molar-refractivity contribution in [2.24, 2.45) is 0 Å². The molecule has 0 spiro atoms. The highest BCUT2D eigenvalue weighted by atomic mass is 35.5. The van der Waals surface area contributed by atoms with Crippen LogP contribution in [0.25, 0.3) is 0 Å². The molecule has 0 fully saturated rings. The Balaban J connectivity index is 1.78. The lowest BCUT2D eigenvalue weighted by atomic mass is 10.1. The SMILES string of the molecule is Cc1ccccc1CNC(=O)CSCc1c(Cl)cccc1Cl. The Kier molecular flexibility index (Phi) is 6.62. The zero-order chi connectivity index (χ0) is 15.9.